The van der Waals surface area contributed by atoms with Gasteiger partial charge in [0.1, 0.15) is 11.5 Å². The lowest BCUT2D eigenvalue weighted by atomic mass is 10.1. The second-order valence-corrected chi connectivity index (χ2v) is 5.77. The molecule has 0 spiro atoms. The van der Waals surface area contributed by atoms with Crippen molar-refractivity contribution in [1.29, 1.82) is 0 Å². The number of hydrogen-bond acceptors (Lipinski definition) is 5. The van der Waals surface area contributed by atoms with Gasteiger partial charge in [0.05, 0.1) is 12.7 Å². The summed E-state index contributed by atoms with van der Waals surface area (Å²) in [6, 6.07) is 3.80. The SMILES string of the molecule is COc1ccc(OCC(=O)NC(=O)NC(C)(C)C)c(C(N)=O)c1. The first-order valence-electron chi connectivity index (χ1n) is 6.85. The molecule has 1 aromatic rings. The van der Waals surface area contributed by atoms with Crippen molar-refractivity contribution in [3.8, 4) is 11.5 Å². The van der Waals surface area contributed by atoms with Gasteiger partial charge in [-0.3, -0.25) is 14.9 Å². The first-order chi connectivity index (χ1) is 10.6. The van der Waals surface area contributed by atoms with Crippen LogP contribution in [0.3, 0.4) is 0 Å². The molecule has 0 unspecified atom stereocenters. The van der Waals surface area contributed by atoms with Gasteiger partial charge in [-0.05, 0) is 39.0 Å². The van der Waals surface area contributed by atoms with E-state index in [1.807, 2.05) is 0 Å². The summed E-state index contributed by atoms with van der Waals surface area (Å²) >= 11 is 0. The number of hydrogen-bond donors (Lipinski definition) is 3. The predicted octanol–water partition coefficient (Wildman–Crippen LogP) is 0.797. The van der Waals surface area contributed by atoms with Crippen molar-refractivity contribution in [2.75, 3.05) is 13.7 Å². The van der Waals surface area contributed by atoms with E-state index >= 15 is 0 Å². The largest absolute Gasteiger partial charge is 0.497 e. The van der Waals surface area contributed by atoms with Crippen LogP contribution in [0.5, 0.6) is 11.5 Å². The van der Waals surface area contributed by atoms with Crippen LogP contribution in [0.15, 0.2) is 18.2 Å². The Labute approximate surface area is 134 Å². The highest BCUT2D eigenvalue weighted by Gasteiger charge is 2.17. The molecule has 0 radical (unpaired) electrons. The molecule has 4 N–H and O–H groups in total. The zero-order chi connectivity index (χ0) is 17.6. The summed E-state index contributed by atoms with van der Waals surface area (Å²) < 4.78 is 10.2. The Bertz CT molecular complexity index is 608. The molecule has 0 atom stereocenters. The Morgan fingerprint density at radius 1 is 1.22 bits per heavy atom. The number of imide groups is 1. The van der Waals surface area contributed by atoms with Crippen molar-refractivity contribution >= 4 is 17.8 Å². The fourth-order valence-corrected chi connectivity index (χ4v) is 1.63. The Morgan fingerprint density at radius 3 is 2.39 bits per heavy atom. The van der Waals surface area contributed by atoms with Gasteiger partial charge < -0.3 is 20.5 Å². The van der Waals surface area contributed by atoms with Gasteiger partial charge in [0.15, 0.2) is 6.61 Å². The van der Waals surface area contributed by atoms with Crippen LogP contribution < -0.4 is 25.8 Å². The molecule has 0 saturated carbocycles. The molecule has 8 nitrogen and oxygen atoms in total. The lowest BCUT2D eigenvalue weighted by molar-refractivity contribution is -0.122. The van der Waals surface area contributed by atoms with Gasteiger partial charge in [0.2, 0.25) is 0 Å². The third-order valence-corrected chi connectivity index (χ3v) is 2.55. The fraction of sp³-hybridized carbons (Fsp3) is 0.400. The summed E-state index contributed by atoms with van der Waals surface area (Å²) in [6.45, 7) is 4.91. The van der Waals surface area contributed by atoms with Gasteiger partial charge in [-0.1, -0.05) is 0 Å². The summed E-state index contributed by atoms with van der Waals surface area (Å²) in [4.78, 5) is 34.6. The summed E-state index contributed by atoms with van der Waals surface area (Å²) in [5.41, 5.74) is 4.86. The average molecular weight is 323 g/mol. The molecule has 1 aromatic carbocycles. The van der Waals surface area contributed by atoms with Gasteiger partial charge in [0.25, 0.3) is 11.8 Å². The number of urea groups is 1. The highest BCUT2D eigenvalue weighted by atomic mass is 16.5. The molecule has 0 aliphatic carbocycles. The van der Waals surface area contributed by atoms with E-state index in [4.69, 9.17) is 15.2 Å². The number of carbonyl (C=O) groups is 3. The molecular weight excluding hydrogens is 302 g/mol. The van der Waals surface area contributed by atoms with Crippen LogP contribution in [0.25, 0.3) is 0 Å². The minimum absolute atomic E-state index is 0.0799. The monoisotopic (exact) mass is 323 g/mol. The van der Waals surface area contributed by atoms with Crippen molar-refractivity contribution in [3.05, 3.63) is 23.8 Å². The van der Waals surface area contributed by atoms with Crippen LogP contribution in [-0.4, -0.2) is 37.1 Å². The van der Waals surface area contributed by atoms with E-state index in [1.54, 1.807) is 26.8 Å². The highest BCUT2D eigenvalue weighted by Crippen LogP contribution is 2.23. The maximum Gasteiger partial charge on any atom is 0.321 e. The predicted molar refractivity (Wildman–Crippen MR) is 83.4 cm³/mol. The number of methoxy groups -OCH3 is 1. The summed E-state index contributed by atoms with van der Waals surface area (Å²) in [7, 11) is 1.45. The maximum atomic E-state index is 11.7. The number of benzene rings is 1. The molecule has 0 aliphatic rings. The Kier molecular flexibility index (Phi) is 5.94. The van der Waals surface area contributed by atoms with E-state index in [-0.39, 0.29) is 11.3 Å². The Balaban J connectivity index is 2.66. The van der Waals surface area contributed by atoms with Gasteiger partial charge in [-0.15, -0.1) is 0 Å². The first-order valence-corrected chi connectivity index (χ1v) is 6.85. The smallest absolute Gasteiger partial charge is 0.321 e. The first kappa shape index (κ1) is 18.3. The summed E-state index contributed by atoms with van der Waals surface area (Å²) in [6.07, 6.45) is 0. The van der Waals surface area contributed by atoms with Crippen LogP contribution in [0.1, 0.15) is 31.1 Å². The normalized spacial score (nSPS) is 10.6. The molecule has 126 valence electrons. The number of carbonyl (C=O) groups excluding carboxylic acids is 3. The van der Waals surface area contributed by atoms with E-state index in [2.05, 4.69) is 10.6 Å². The Morgan fingerprint density at radius 2 is 1.87 bits per heavy atom. The van der Waals surface area contributed by atoms with E-state index < -0.39 is 30.0 Å². The number of nitrogens with one attached hydrogen (secondary N) is 2. The molecule has 1 rings (SSSR count). The van der Waals surface area contributed by atoms with Crippen LogP contribution in [0.4, 0.5) is 4.79 Å². The van der Waals surface area contributed by atoms with Crippen LogP contribution in [-0.2, 0) is 4.79 Å². The maximum absolute atomic E-state index is 11.7. The molecular formula is C15H21N3O5. The van der Waals surface area contributed by atoms with Crippen LogP contribution in [0, 0.1) is 0 Å². The highest BCUT2D eigenvalue weighted by molar-refractivity contribution is 5.97. The van der Waals surface area contributed by atoms with Crippen LogP contribution >= 0.6 is 0 Å². The molecule has 23 heavy (non-hydrogen) atoms. The van der Waals surface area contributed by atoms with E-state index in [0.29, 0.717) is 5.75 Å². The van der Waals surface area contributed by atoms with Crippen molar-refractivity contribution in [3.63, 3.8) is 0 Å². The number of amides is 4. The van der Waals surface area contributed by atoms with Gasteiger partial charge in [0, 0.05) is 5.54 Å². The Hall–Kier alpha value is -2.77. The molecule has 0 aliphatic heterocycles. The minimum Gasteiger partial charge on any atom is -0.497 e. The topological polar surface area (TPSA) is 120 Å². The summed E-state index contributed by atoms with van der Waals surface area (Å²) in [5.74, 6) is -0.812. The zero-order valence-corrected chi connectivity index (χ0v) is 13.6. The average Bonchev–Trinajstić information content (AvgIpc) is 2.42. The fourth-order valence-electron chi connectivity index (χ4n) is 1.63. The van der Waals surface area contributed by atoms with Crippen molar-refractivity contribution < 1.29 is 23.9 Å². The summed E-state index contributed by atoms with van der Waals surface area (Å²) in [5, 5.41) is 4.70. The standard InChI is InChI=1S/C15H21N3O5/c1-15(2,3)18-14(21)17-12(19)8-23-11-6-5-9(22-4)7-10(11)13(16)20/h5-7H,8H2,1-4H3,(H2,16,20)(H2,17,18,19,21). The second kappa shape index (κ2) is 7.48. The van der Waals surface area contributed by atoms with E-state index in [0.717, 1.165) is 0 Å². The quantitative estimate of drug-likeness (QED) is 0.740. The number of rotatable bonds is 5. The molecule has 0 heterocycles. The molecule has 0 fully saturated rings. The van der Waals surface area contributed by atoms with Gasteiger partial charge >= 0.3 is 6.03 Å². The number of nitrogens with two attached hydrogens (primary N) is 1. The van der Waals surface area contributed by atoms with Gasteiger partial charge in [-0.2, -0.15) is 0 Å². The lowest BCUT2D eigenvalue weighted by Gasteiger charge is -2.20. The third-order valence-electron chi connectivity index (χ3n) is 2.55. The molecule has 8 heteroatoms. The second-order valence-electron chi connectivity index (χ2n) is 5.77. The number of primary amides is 1. The molecule has 0 aromatic heterocycles. The molecule has 4 amide bonds. The third kappa shape index (κ3) is 6.25. The van der Waals surface area contributed by atoms with Crippen molar-refractivity contribution in [1.82, 2.24) is 10.6 Å². The molecule has 0 bridgehead atoms. The van der Waals surface area contributed by atoms with E-state index in [9.17, 15) is 14.4 Å². The van der Waals surface area contributed by atoms with Crippen molar-refractivity contribution in [2.45, 2.75) is 26.3 Å². The zero-order valence-electron chi connectivity index (χ0n) is 13.6. The van der Waals surface area contributed by atoms with Crippen LogP contribution in [0.2, 0.25) is 0 Å². The minimum atomic E-state index is -0.718. The lowest BCUT2D eigenvalue weighted by Crippen LogP contribution is -2.49. The molecule has 0 saturated heterocycles. The van der Waals surface area contributed by atoms with Crippen molar-refractivity contribution in [2.24, 2.45) is 5.73 Å². The van der Waals surface area contributed by atoms with Gasteiger partial charge in [-0.25, -0.2) is 4.79 Å². The van der Waals surface area contributed by atoms with E-state index in [1.165, 1.54) is 19.2 Å². The number of ether oxygens (including phenoxy) is 2.